The van der Waals surface area contributed by atoms with E-state index in [2.05, 4.69) is 21.0 Å². The summed E-state index contributed by atoms with van der Waals surface area (Å²) in [5.74, 6) is -0.695. The molecule has 2 heterocycles. The standard InChI is InChI=1S/C16H17N5O3/c22-14-6-5-13(19-16(24)20-14)15(23)17-10-11-3-1-4-12(9-11)21-8-2-7-18-21/h1-4,7-9,13H,5-6,10H2,(H,17,23)(H2,19,20,22,24). The molecule has 1 aromatic carbocycles. The number of benzene rings is 1. The molecule has 4 amide bonds. The molecule has 124 valence electrons. The molecule has 0 bridgehead atoms. The fourth-order valence-corrected chi connectivity index (χ4v) is 2.47. The minimum Gasteiger partial charge on any atom is -0.350 e. The van der Waals surface area contributed by atoms with Crippen molar-refractivity contribution in [3.05, 3.63) is 48.3 Å². The Bertz CT molecular complexity index is 757. The van der Waals surface area contributed by atoms with Crippen molar-refractivity contribution in [2.45, 2.75) is 25.4 Å². The first-order chi connectivity index (χ1) is 11.6. The second-order valence-electron chi connectivity index (χ2n) is 5.45. The molecule has 1 aliphatic heterocycles. The summed E-state index contributed by atoms with van der Waals surface area (Å²) in [6, 6.07) is 8.09. The molecule has 3 rings (SSSR count). The average Bonchev–Trinajstić information content (AvgIpc) is 3.05. The summed E-state index contributed by atoms with van der Waals surface area (Å²) in [5.41, 5.74) is 1.80. The van der Waals surface area contributed by atoms with Crippen LogP contribution in [0, 0.1) is 0 Å². The first-order valence-corrected chi connectivity index (χ1v) is 7.59. The van der Waals surface area contributed by atoms with Gasteiger partial charge in [-0.25, -0.2) is 9.48 Å². The fourth-order valence-electron chi connectivity index (χ4n) is 2.47. The number of amides is 4. The van der Waals surface area contributed by atoms with Gasteiger partial charge in [-0.1, -0.05) is 12.1 Å². The number of urea groups is 1. The molecule has 1 fully saturated rings. The van der Waals surface area contributed by atoms with Gasteiger partial charge in [0, 0.05) is 25.4 Å². The zero-order valence-electron chi connectivity index (χ0n) is 12.9. The van der Waals surface area contributed by atoms with Crippen molar-refractivity contribution in [1.29, 1.82) is 0 Å². The maximum absolute atomic E-state index is 12.2. The third-order valence-corrected chi connectivity index (χ3v) is 3.68. The van der Waals surface area contributed by atoms with Crippen LogP contribution in [0.5, 0.6) is 0 Å². The predicted molar refractivity (Wildman–Crippen MR) is 85.1 cm³/mol. The highest BCUT2D eigenvalue weighted by atomic mass is 16.2. The molecule has 1 aromatic heterocycles. The van der Waals surface area contributed by atoms with Gasteiger partial charge in [0.25, 0.3) is 0 Å². The van der Waals surface area contributed by atoms with Gasteiger partial charge in [-0.15, -0.1) is 0 Å². The van der Waals surface area contributed by atoms with E-state index in [1.54, 1.807) is 10.9 Å². The quantitative estimate of drug-likeness (QED) is 0.759. The summed E-state index contributed by atoms with van der Waals surface area (Å²) in [6.45, 7) is 0.321. The predicted octanol–water partition coefficient (Wildman–Crippen LogP) is 0.477. The maximum atomic E-state index is 12.2. The van der Waals surface area contributed by atoms with Gasteiger partial charge in [0.1, 0.15) is 6.04 Å². The SMILES string of the molecule is O=C1CCC(C(=O)NCc2cccc(-n3cccn3)c2)NC(=O)N1. The van der Waals surface area contributed by atoms with Gasteiger partial charge in [0.05, 0.1) is 5.69 Å². The lowest BCUT2D eigenvalue weighted by Gasteiger charge is -2.15. The Morgan fingerprint density at radius 1 is 1.33 bits per heavy atom. The number of hydrogen-bond donors (Lipinski definition) is 3. The number of carbonyl (C=O) groups excluding carboxylic acids is 3. The van der Waals surface area contributed by atoms with Crippen LogP contribution in [0.1, 0.15) is 18.4 Å². The van der Waals surface area contributed by atoms with E-state index in [0.29, 0.717) is 6.54 Å². The van der Waals surface area contributed by atoms with Crippen LogP contribution in [-0.4, -0.2) is 33.7 Å². The van der Waals surface area contributed by atoms with Crippen LogP contribution in [0.2, 0.25) is 0 Å². The normalized spacial score (nSPS) is 17.6. The van der Waals surface area contributed by atoms with Gasteiger partial charge in [-0.2, -0.15) is 5.10 Å². The summed E-state index contributed by atoms with van der Waals surface area (Å²) in [4.78, 5) is 34.9. The molecule has 0 aliphatic carbocycles. The Labute approximate surface area is 138 Å². The van der Waals surface area contributed by atoms with Crippen molar-refractivity contribution in [3.63, 3.8) is 0 Å². The van der Waals surface area contributed by atoms with E-state index in [0.717, 1.165) is 11.3 Å². The van der Waals surface area contributed by atoms with Crippen LogP contribution < -0.4 is 16.0 Å². The van der Waals surface area contributed by atoms with E-state index in [1.165, 1.54) is 0 Å². The first-order valence-electron chi connectivity index (χ1n) is 7.59. The zero-order valence-corrected chi connectivity index (χ0v) is 12.9. The lowest BCUT2D eigenvalue weighted by Crippen LogP contribution is -2.48. The number of nitrogens with zero attached hydrogens (tertiary/aromatic N) is 2. The van der Waals surface area contributed by atoms with Crippen molar-refractivity contribution in [2.24, 2.45) is 0 Å². The summed E-state index contributed by atoms with van der Waals surface area (Å²) in [5, 5.41) is 11.6. The number of aromatic nitrogens is 2. The van der Waals surface area contributed by atoms with Crippen molar-refractivity contribution < 1.29 is 14.4 Å². The van der Waals surface area contributed by atoms with Gasteiger partial charge in [0.15, 0.2) is 0 Å². The Balaban J connectivity index is 1.61. The van der Waals surface area contributed by atoms with Gasteiger partial charge in [-0.05, 0) is 30.2 Å². The third kappa shape index (κ3) is 3.78. The Morgan fingerprint density at radius 3 is 3.00 bits per heavy atom. The highest BCUT2D eigenvalue weighted by molar-refractivity contribution is 5.98. The van der Waals surface area contributed by atoms with Gasteiger partial charge in [-0.3, -0.25) is 14.9 Å². The van der Waals surface area contributed by atoms with Crippen LogP contribution in [0.15, 0.2) is 42.7 Å². The lowest BCUT2D eigenvalue weighted by molar-refractivity contribution is -0.123. The van der Waals surface area contributed by atoms with E-state index in [9.17, 15) is 14.4 Å². The number of imide groups is 1. The minimum atomic E-state index is -0.717. The highest BCUT2D eigenvalue weighted by Crippen LogP contribution is 2.10. The zero-order chi connectivity index (χ0) is 16.9. The average molecular weight is 327 g/mol. The molecule has 1 atom stereocenters. The number of hydrogen-bond acceptors (Lipinski definition) is 4. The molecule has 2 aromatic rings. The Morgan fingerprint density at radius 2 is 2.21 bits per heavy atom. The maximum Gasteiger partial charge on any atom is 0.322 e. The van der Waals surface area contributed by atoms with E-state index >= 15 is 0 Å². The number of nitrogens with one attached hydrogen (secondary N) is 3. The van der Waals surface area contributed by atoms with Gasteiger partial charge in [0.2, 0.25) is 11.8 Å². The topological polar surface area (TPSA) is 105 Å². The molecule has 0 radical (unpaired) electrons. The smallest absolute Gasteiger partial charge is 0.322 e. The molecular weight excluding hydrogens is 310 g/mol. The van der Waals surface area contributed by atoms with Crippen LogP contribution in [0.25, 0.3) is 5.69 Å². The molecule has 0 spiro atoms. The van der Waals surface area contributed by atoms with Crippen LogP contribution in [-0.2, 0) is 16.1 Å². The van der Waals surface area contributed by atoms with E-state index < -0.39 is 12.1 Å². The summed E-state index contributed by atoms with van der Waals surface area (Å²) in [6.07, 6.45) is 3.93. The molecule has 24 heavy (non-hydrogen) atoms. The molecule has 1 unspecified atom stereocenters. The van der Waals surface area contributed by atoms with Crippen LogP contribution in [0.4, 0.5) is 4.79 Å². The van der Waals surface area contributed by atoms with Gasteiger partial charge >= 0.3 is 6.03 Å². The highest BCUT2D eigenvalue weighted by Gasteiger charge is 2.25. The molecular formula is C16H17N5O3. The fraction of sp³-hybridized carbons (Fsp3) is 0.250. The third-order valence-electron chi connectivity index (χ3n) is 3.68. The molecule has 8 nitrogen and oxygen atoms in total. The van der Waals surface area contributed by atoms with E-state index in [1.807, 2.05) is 36.5 Å². The van der Waals surface area contributed by atoms with Crippen LogP contribution in [0.3, 0.4) is 0 Å². The second-order valence-corrected chi connectivity index (χ2v) is 5.45. The van der Waals surface area contributed by atoms with E-state index in [4.69, 9.17) is 0 Å². The van der Waals surface area contributed by atoms with Crippen LogP contribution >= 0.6 is 0 Å². The van der Waals surface area contributed by atoms with Gasteiger partial charge < -0.3 is 10.6 Å². The van der Waals surface area contributed by atoms with Crippen molar-refractivity contribution >= 4 is 17.8 Å². The lowest BCUT2D eigenvalue weighted by atomic mass is 10.1. The summed E-state index contributed by atoms with van der Waals surface area (Å²) >= 11 is 0. The monoisotopic (exact) mass is 327 g/mol. The molecule has 8 heteroatoms. The largest absolute Gasteiger partial charge is 0.350 e. The Kier molecular flexibility index (Phi) is 4.55. The second kappa shape index (κ2) is 6.95. The first kappa shape index (κ1) is 15.7. The van der Waals surface area contributed by atoms with E-state index in [-0.39, 0.29) is 24.7 Å². The number of rotatable bonds is 4. The molecule has 3 N–H and O–H groups in total. The minimum absolute atomic E-state index is 0.131. The Hall–Kier alpha value is -3.16. The molecule has 1 aliphatic rings. The van der Waals surface area contributed by atoms with Crippen molar-refractivity contribution in [3.8, 4) is 5.69 Å². The van der Waals surface area contributed by atoms with Crippen molar-refractivity contribution in [2.75, 3.05) is 0 Å². The summed E-state index contributed by atoms with van der Waals surface area (Å²) < 4.78 is 1.73. The molecule has 1 saturated heterocycles. The molecule has 0 saturated carbocycles. The van der Waals surface area contributed by atoms with Crippen molar-refractivity contribution in [1.82, 2.24) is 25.7 Å². The summed E-state index contributed by atoms with van der Waals surface area (Å²) in [7, 11) is 0. The number of carbonyl (C=O) groups is 3.